The number of hydrogen-bond donors (Lipinski definition) is 0. The molecule has 5 rings (SSSR count). The number of imidazole rings is 1. The minimum absolute atomic E-state index is 0.00866. The highest BCUT2D eigenvalue weighted by atomic mass is 19.4. The monoisotopic (exact) mass is 434 g/mol. The standard InChI is InChI=1S/C23H29F3N4O/c1-13(2)22-28-20(15-8-19(23(24,25)26)14(3)27-11-15)12-30(22)21-17-9-16(10-18(17)21)29-4-6-31-7-5-29/h8,11-13,16-18,21H,4-7,9-10H2,1-3H3/t16?,17-,18+,21+. The summed E-state index contributed by atoms with van der Waals surface area (Å²) in [7, 11) is 0. The van der Waals surface area contributed by atoms with Crippen molar-refractivity contribution in [2.75, 3.05) is 26.3 Å². The van der Waals surface area contributed by atoms with Crippen LogP contribution in [0.2, 0.25) is 0 Å². The first kappa shape index (κ1) is 20.9. The number of morpholine rings is 1. The Bertz CT molecular complexity index is 952. The van der Waals surface area contributed by atoms with Crippen molar-refractivity contribution in [2.45, 2.75) is 57.8 Å². The minimum Gasteiger partial charge on any atom is -0.379 e. The van der Waals surface area contributed by atoms with Crippen molar-refractivity contribution in [3.63, 3.8) is 0 Å². The first-order valence-corrected chi connectivity index (χ1v) is 11.2. The van der Waals surface area contributed by atoms with Crippen molar-refractivity contribution in [1.29, 1.82) is 0 Å². The summed E-state index contributed by atoms with van der Waals surface area (Å²) >= 11 is 0. The van der Waals surface area contributed by atoms with E-state index in [1.807, 2.05) is 6.20 Å². The van der Waals surface area contributed by atoms with Gasteiger partial charge in [0.15, 0.2) is 0 Å². The predicted octanol–water partition coefficient (Wildman–Crippen LogP) is 4.68. The zero-order chi connectivity index (χ0) is 21.9. The Kier molecular flexibility index (Phi) is 5.13. The van der Waals surface area contributed by atoms with Gasteiger partial charge >= 0.3 is 6.18 Å². The van der Waals surface area contributed by atoms with E-state index in [2.05, 4.69) is 28.3 Å². The van der Waals surface area contributed by atoms with E-state index < -0.39 is 11.7 Å². The van der Waals surface area contributed by atoms with Crippen molar-refractivity contribution in [3.8, 4) is 11.3 Å². The molecule has 0 aromatic carbocycles. The summed E-state index contributed by atoms with van der Waals surface area (Å²) in [5, 5.41) is 0. The van der Waals surface area contributed by atoms with Crippen LogP contribution in [-0.2, 0) is 10.9 Å². The highest BCUT2D eigenvalue weighted by Crippen LogP contribution is 2.62. The highest BCUT2D eigenvalue weighted by molar-refractivity contribution is 5.59. The summed E-state index contributed by atoms with van der Waals surface area (Å²) in [6.45, 7) is 9.25. The summed E-state index contributed by atoms with van der Waals surface area (Å²) in [5.74, 6) is 2.42. The Morgan fingerprint density at radius 2 is 1.81 bits per heavy atom. The first-order valence-electron chi connectivity index (χ1n) is 11.2. The molecule has 0 bridgehead atoms. The normalized spacial score (nSPS) is 28.9. The van der Waals surface area contributed by atoms with Crippen LogP contribution in [0.1, 0.15) is 55.7 Å². The van der Waals surface area contributed by atoms with E-state index in [9.17, 15) is 13.2 Å². The van der Waals surface area contributed by atoms with Gasteiger partial charge in [-0.3, -0.25) is 9.88 Å². The third kappa shape index (κ3) is 3.78. The average Bonchev–Trinajstić information content (AvgIpc) is 3.09. The van der Waals surface area contributed by atoms with E-state index in [1.54, 1.807) is 0 Å². The molecule has 0 spiro atoms. The maximum absolute atomic E-state index is 13.4. The van der Waals surface area contributed by atoms with Gasteiger partial charge in [-0.15, -0.1) is 0 Å². The molecule has 5 nitrogen and oxygen atoms in total. The van der Waals surface area contributed by atoms with E-state index in [0.29, 0.717) is 35.2 Å². The number of fused-ring (bicyclic) bond motifs is 1. The quantitative estimate of drug-likeness (QED) is 0.701. The minimum atomic E-state index is -4.42. The number of aromatic nitrogens is 3. The highest BCUT2D eigenvalue weighted by Gasteiger charge is 2.58. The molecule has 1 unspecified atom stereocenters. The van der Waals surface area contributed by atoms with Crippen LogP contribution >= 0.6 is 0 Å². The lowest BCUT2D eigenvalue weighted by atomic mass is 10.1. The number of pyridine rings is 1. The van der Waals surface area contributed by atoms with Crippen LogP contribution in [0.3, 0.4) is 0 Å². The van der Waals surface area contributed by atoms with Gasteiger partial charge in [0, 0.05) is 54.7 Å². The molecule has 3 aliphatic rings. The Labute approximate surface area is 180 Å². The summed E-state index contributed by atoms with van der Waals surface area (Å²) in [6.07, 6.45) is 1.41. The van der Waals surface area contributed by atoms with Crippen molar-refractivity contribution in [3.05, 3.63) is 35.5 Å². The van der Waals surface area contributed by atoms with E-state index in [4.69, 9.17) is 9.72 Å². The van der Waals surface area contributed by atoms with Gasteiger partial charge in [-0.1, -0.05) is 13.8 Å². The lowest BCUT2D eigenvalue weighted by Crippen LogP contribution is -2.43. The number of hydrogen-bond acceptors (Lipinski definition) is 4. The Balaban J connectivity index is 1.39. The van der Waals surface area contributed by atoms with Crippen LogP contribution in [0.15, 0.2) is 18.5 Å². The number of nitrogens with zero attached hydrogens (tertiary/aromatic N) is 4. The molecular formula is C23H29F3N4O. The fraction of sp³-hybridized carbons (Fsp3) is 0.652. The smallest absolute Gasteiger partial charge is 0.379 e. The van der Waals surface area contributed by atoms with Crippen LogP contribution in [0.5, 0.6) is 0 Å². The van der Waals surface area contributed by atoms with Gasteiger partial charge in [-0.05, 0) is 37.7 Å². The summed E-state index contributed by atoms with van der Waals surface area (Å²) < 4.78 is 47.8. The average molecular weight is 435 g/mol. The topological polar surface area (TPSA) is 43.2 Å². The zero-order valence-electron chi connectivity index (χ0n) is 18.2. The molecule has 3 fully saturated rings. The second-order valence-corrected chi connectivity index (χ2v) is 9.49. The lowest BCUT2D eigenvalue weighted by molar-refractivity contribution is -0.138. The molecule has 0 N–H and O–H groups in total. The number of halogens is 3. The second-order valence-electron chi connectivity index (χ2n) is 9.49. The van der Waals surface area contributed by atoms with Crippen LogP contribution < -0.4 is 0 Å². The molecule has 3 heterocycles. The van der Waals surface area contributed by atoms with E-state index >= 15 is 0 Å². The van der Waals surface area contributed by atoms with Gasteiger partial charge in [0.05, 0.1) is 24.5 Å². The molecule has 8 heteroatoms. The summed E-state index contributed by atoms with van der Waals surface area (Å²) in [6, 6.07) is 2.23. The van der Waals surface area contributed by atoms with Gasteiger partial charge in [0.1, 0.15) is 5.82 Å². The molecule has 1 saturated heterocycles. The number of ether oxygens (including phenoxy) is 1. The van der Waals surface area contributed by atoms with Crippen molar-refractivity contribution in [2.24, 2.45) is 11.8 Å². The molecule has 4 atom stereocenters. The van der Waals surface area contributed by atoms with Gasteiger partial charge < -0.3 is 9.30 Å². The van der Waals surface area contributed by atoms with Gasteiger partial charge in [0.2, 0.25) is 0 Å². The molecule has 2 aromatic rings. The molecule has 2 aliphatic carbocycles. The molecule has 0 amide bonds. The Morgan fingerprint density at radius 3 is 2.42 bits per heavy atom. The third-order valence-corrected chi connectivity index (χ3v) is 7.22. The number of rotatable bonds is 4. The molecule has 0 radical (unpaired) electrons. The largest absolute Gasteiger partial charge is 0.418 e. The molecule has 2 aromatic heterocycles. The molecule has 2 saturated carbocycles. The van der Waals surface area contributed by atoms with E-state index in [0.717, 1.165) is 32.1 Å². The van der Waals surface area contributed by atoms with E-state index in [1.165, 1.54) is 32.0 Å². The first-order chi connectivity index (χ1) is 14.7. The van der Waals surface area contributed by atoms with Crippen molar-refractivity contribution in [1.82, 2.24) is 19.4 Å². The van der Waals surface area contributed by atoms with Crippen LogP contribution in [-0.4, -0.2) is 51.8 Å². The maximum Gasteiger partial charge on any atom is 0.418 e. The van der Waals surface area contributed by atoms with Gasteiger partial charge in [0.25, 0.3) is 0 Å². The number of aryl methyl sites for hydroxylation is 1. The molecular weight excluding hydrogens is 405 g/mol. The molecule has 31 heavy (non-hydrogen) atoms. The SMILES string of the molecule is Cc1ncc(-c2cn([C@H]3[C@@H]4CC(N5CCOCC5)C[C@@H]43)c(C(C)C)n2)cc1C(F)(F)F. The van der Waals surface area contributed by atoms with Gasteiger partial charge in [-0.2, -0.15) is 13.2 Å². The summed E-state index contributed by atoms with van der Waals surface area (Å²) in [5.41, 5.74) is 0.305. The Hall–Kier alpha value is -1.93. The zero-order valence-corrected chi connectivity index (χ0v) is 18.2. The fourth-order valence-electron chi connectivity index (χ4n) is 5.60. The maximum atomic E-state index is 13.4. The lowest BCUT2D eigenvalue weighted by Gasteiger charge is -2.33. The van der Waals surface area contributed by atoms with E-state index in [-0.39, 0.29) is 11.6 Å². The summed E-state index contributed by atoms with van der Waals surface area (Å²) in [4.78, 5) is 11.3. The fourth-order valence-corrected chi connectivity index (χ4v) is 5.60. The molecule has 1 aliphatic heterocycles. The van der Waals surface area contributed by atoms with Gasteiger partial charge in [-0.25, -0.2) is 4.98 Å². The van der Waals surface area contributed by atoms with Crippen LogP contribution in [0, 0.1) is 18.8 Å². The predicted molar refractivity (Wildman–Crippen MR) is 111 cm³/mol. The van der Waals surface area contributed by atoms with Crippen LogP contribution in [0.25, 0.3) is 11.3 Å². The number of alkyl halides is 3. The van der Waals surface area contributed by atoms with Crippen LogP contribution in [0.4, 0.5) is 13.2 Å². The van der Waals surface area contributed by atoms with Crippen molar-refractivity contribution < 1.29 is 17.9 Å². The molecule has 168 valence electrons. The third-order valence-electron chi connectivity index (χ3n) is 7.22. The Morgan fingerprint density at radius 1 is 1.13 bits per heavy atom. The van der Waals surface area contributed by atoms with Crippen molar-refractivity contribution >= 4 is 0 Å². The second kappa shape index (κ2) is 7.59.